The van der Waals surface area contributed by atoms with Crippen molar-refractivity contribution in [3.8, 4) is 0 Å². The van der Waals surface area contributed by atoms with E-state index >= 15 is 0 Å². The number of esters is 1. The zero-order valence-electron chi connectivity index (χ0n) is 33.5. The van der Waals surface area contributed by atoms with Crippen LogP contribution in [0.3, 0.4) is 0 Å². The number of hydrogen-bond acceptors (Lipinski definition) is 13. The summed E-state index contributed by atoms with van der Waals surface area (Å²) in [7, 11) is 4.95. The van der Waals surface area contributed by atoms with E-state index in [0.717, 1.165) is 0 Å². The molecule has 0 aromatic heterocycles. The van der Waals surface area contributed by atoms with E-state index in [1.807, 2.05) is 27.7 Å². The average molecular weight is 734 g/mol. The van der Waals surface area contributed by atoms with Gasteiger partial charge in [0.1, 0.15) is 23.9 Å². The number of carbonyl (C=O) groups excluding carboxylic acids is 1. The van der Waals surface area contributed by atoms with Crippen molar-refractivity contribution in [3.63, 3.8) is 0 Å². The summed E-state index contributed by atoms with van der Waals surface area (Å²) in [4.78, 5) is 14.2. The molecular weight excluding hydrogens is 662 g/mol. The Morgan fingerprint density at radius 2 is 1.51 bits per heavy atom. The van der Waals surface area contributed by atoms with Gasteiger partial charge in [0, 0.05) is 32.6 Å². The van der Waals surface area contributed by atoms with Gasteiger partial charge in [0.2, 0.25) is 0 Å². The van der Waals surface area contributed by atoms with Crippen LogP contribution in [0.15, 0.2) is 0 Å². The first-order chi connectivity index (χ1) is 23.7. The van der Waals surface area contributed by atoms with Crippen LogP contribution in [0.5, 0.6) is 0 Å². The zero-order chi connectivity index (χ0) is 38.6. The molecule has 5 N–H and O–H groups in total. The van der Waals surface area contributed by atoms with Crippen molar-refractivity contribution in [2.24, 2.45) is 23.7 Å². The summed E-state index contributed by atoms with van der Waals surface area (Å²) in [5.74, 6) is -2.37. The third kappa shape index (κ3) is 10.0. The van der Waals surface area contributed by atoms with Gasteiger partial charge in [-0.15, -0.1) is 0 Å². The standard InChI is InChI=1S/C38H71NO12/c1-14-27-38(10,44)31(41)21(3)16-15-20(2)18-37(9,46-13)33(51-35-29(40)26(39-11)17-22(4)47-35)23(5)30(24(6)34(43)49-27)50-28-19-36(8,45-12)32(42)25(7)48-28/h20-33,35,39-42,44H,14-19H2,1-13H3/t20-,21-,22+,23-,24+,25-,26-,27+,28-,29+,30-,31+,32-,33+,35-,36+,37+,38+/m0/s1. The van der Waals surface area contributed by atoms with Crippen molar-refractivity contribution in [2.45, 2.75) is 192 Å². The Hall–Kier alpha value is -0.970. The number of cyclic esters (lactones) is 1. The first-order valence-electron chi connectivity index (χ1n) is 19.1. The van der Waals surface area contributed by atoms with Crippen LogP contribution in [-0.2, 0) is 38.0 Å². The van der Waals surface area contributed by atoms with Crippen molar-refractivity contribution < 1.29 is 58.4 Å². The lowest BCUT2D eigenvalue weighted by Gasteiger charge is -2.49. The third-order valence-corrected chi connectivity index (χ3v) is 12.3. The maximum absolute atomic E-state index is 14.2. The fourth-order valence-corrected chi connectivity index (χ4v) is 8.64. The van der Waals surface area contributed by atoms with E-state index in [0.29, 0.717) is 25.7 Å². The molecule has 0 aromatic rings. The Balaban J connectivity index is 2.18. The number of hydrogen-bond donors (Lipinski definition) is 5. The topological polar surface area (TPSA) is 175 Å². The number of aliphatic hydroxyl groups is 4. The highest BCUT2D eigenvalue weighted by atomic mass is 16.7. The van der Waals surface area contributed by atoms with Gasteiger partial charge in [-0.25, -0.2) is 0 Å². The molecule has 0 aliphatic carbocycles. The molecule has 51 heavy (non-hydrogen) atoms. The van der Waals surface area contributed by atoms with Crippen LogP contribution in [0.4, 0.5) is 0 Å². The van der Waals surface area contributed by atoms with Crippen molar-refractivity contribution in [1.29, 1.82) is 0 Å². The molecule has 13 heteroatoms. The zero-order valence-corrected chi connectivity index (χ0v) is 33.5. The van der Waals surface area contributed by atoms with Gasteiger partial charge in [-0.2, -0.15) is 0 Å². The fourth-order valence-electron chi connectivity index (χ4n) is 8.64. The largest absolute Gasteiger partial charge is 0.459 e. The summed E-state index contributed by atoms with van der Waals surface area (Å²) >= 11 is 0. The van der Waals surface area contributed by atoms with E-state index in [1.165, 1.54) is 14.0 Å². The van der Waals surface area contributed by atoms with Crippen molar-refractivity contribution in [1.82, 2.24) is 5.32 Å². The number of carbonyl (C=O) groups is 1. The van der Waals surface area contributed by atoms with Gasteiger partial charge in [0.15, 0.2) is 12.6 Å². The molecule has 3 fully saturated rings. The summed E-state index contributed by atoms with van der Waals surface area (Å²) in [6.07, 6.45) is -5.61. The Kier molecular flexibility index (Phi) is 15.8. The SMILES string of the molecule is CC[C@H]1OC(=O)[C@H](C)[C@@H](O[C@H]2C[C@@](C)(OC)[C@@H](O)[C@H](C)O2)[C@H](C)[C@@H](O[C@@H]2O[C@H](C)C[C@H](NC)[C@H]2O)[C@](C)(OC)C[C@@H](C)CC[C@H](C)[C@@H](O)[C@]1(C)O. The van der Waals surface area contributed by atoms with Gasteiger partial charge in [-0.1, -0.05) is 34.1 Å². The molecule has 13 nitrogen and oxygen atoms in total. The molecule has 3 rings (SSSR count). The second-order valence-corrected chi connectivity index (χ2v) is 16.6. The summed E-state index contributed by atoms with van der Waals surface area (Å²) in [6, 6.07) is -0.271. The lowest BCUT2D eigenvalue weighted by molar-refractivity contribution is -0.317. The number of methoxy groups -OCH3 is 2. The third-order valence-electron chi connectivity index (χ3n) is 12.3. The minimum Gasteiger partial charge on any atom is -0.459 e. The average Bonchev–Trinajstić information content (AvgIpc) is 3.09. The van der Waals surface area contributed by atoms with Crippen LogP contribution in [0, 0.1) is 23.7 Å². The van der Waals surface area contributed by atoms with Crippen molar-refractivity contribution in [2.75, 3.05) is 21.3 Å². The predicted molar refractivity (Wildman–Crippen MR) is 191 cm³/mol. The van der Waals surface area contributed by atoms with Crippen LogP contribution in [0.1, 0.15) is 108 Å². The molecule has 3 aliphatic heterocycles. The molecule has 3 heterocycles. The van der Waals surface area contributed by atoms with Gasteiger partial charge in [-0.3, -0.25) is 4.79 Å². The van der Waals surface area contributed by atoms with E-state index in [4.69, 9.17) is 33.2 Å². The van der Waals surface area contributed by atoms with E-state index in [9.17, 15) is 25.2 Å². The van der Waals surface area contributed by atoms with Crippen LogP contribution in [0.2, 0.25) is 0 Å². The van der Waals surface area contributed by atoms with E-state index in [2.05, 4.69) is 12.2 Å². The molecule has 3 aliphatic rings. The molecule has 0 bridgehead atoms. The lowest BCUT2D eigenvalue weighted by Crippen LogP contribution is -2.60. The monoisotopic (exact) mass is 733 g/mol. The Bertz CT molecular complexity index is 1100. The predicted octanol–water partition coefficient (Wildman–Crippen LogP) is 3.31. The van der Waals surface area contributed by atoms with E-state index in [1.54, 1.807) is 41.9 Å². The second kappa shape index (κ2) is 18.1. The van der Waals surface area contributed by atoms with E-state index in [-0.39, 0.29) is 36.8 Å². The molecule has 0 saturated carbocycles. The summed E-state index contributed by atoms with van der Waals surface area (Å²) in [6.45, 7) is 18.4. The normalized spacial score (nSPS) is 49.8. The van der Waals surface area contributed by atoms with Crippen molar-refractivity contribution >= 4 is 5.97 Å². The number of rotatable bonds is 8. The number of aliphatic hydroxyl groups excluding tert-OH is 3. The van der Waals surface area contributed by atoms with Gasteiger partial charge in [-0.05, 0) is 86.1 Å². The van der Waals surface area contributed by atoms with Gasteiger partial charge in [0.25, 0.3) is 0 Å². The molecule has 0 amide bonds. The van der Waals surface area contributed by atoms with Gasteiger partial charge in [0.05, 0.1) is 47.6 Å². The number of nitrogens with one attached hydrogen (secondary N) is 1. The maximum atomic E-state index is 14.2. The fraction of sp³-hybridized carbons (Fsp3) is 0.974. The molecule has 0 unspecified atom stereocenters. The molecule has 0 spiro atoms. The molecular formula is C38H71NO12. The Morgan fingerprint density at radius 1 is 0.882 bits per heavy atom. The second-order valence-electron chi connectivity index (χ2n) is 16.6. The molecule has 0 radical (unpaired) electrons. The van der Waals surface area contributed by atoms with Gasteiger partial charge < -0.3 is 58.9 Å². The highest BCUT2D eigenvalue weighted by molar-refractivity contribution is 5.73. The van der Waals surface area contributed by atoms with E-state index < -0.39 is 89.9 Å². The van der Waals surface area contributed by atoms with Crippen LogP contribution < -0.4 is 5.32 Å². The summed E-state index contributed by atoms with van der Waals surface area (Å²) in [5.41, 5.74) is -3.67. The van der Waals surface area contributed by atoms with Crippen LogP contribution >= 0.6 is 0 Å². The first-order valence-corrected chi connectivity index (χ1v) is 19.1. The maximum Gasteiger partial charge on any atom is 0.311 e. The molecule has 300 valence electrons. The summed E-state index contributed by atoms with van der Waals surface area (Å²) < 4.78 is 44.2. The minimum absolute atomic E-state index is 0.0854. The Labute approximate surface area is 306 Å². The quantitative estimate of drug-likeness (QED) is 0.230. The first kappa shape index (κ1) is 44.4. The van der Waals surface area contributed by atoms with Crippen LogP contribution in [0.25, 0.3) is 0 Å². The minimum atomic E-state index is -1.71. The summed E-state index contributed by atoms with van der Waals surface area (Å²) in [5, 5.41) is 48.6. The highest BCUT2D eigenvalue weighted by Gasteiger charge is 2.52. The number of ether oxygens (including phenoxy) is 7. The molecule has 0 aromatic carbocycles. The van der Waals surface area contributed by atoms with Crippen LogP contribution in [-0.4, -0.2) is 132 Å². The molecule has 3 saturated heterocycles. The highest BCUT2D eigenvalue weighted by Crippen LogP contribution is 2.41. The smallest absolute Gasteiger partial charge is 0.311 e. The van der Waals surface area contributed by atoms with Gasteiger partial charge >= 0.3 is 5.97 Å². The Morgan fingerprint density at radius 3 is 2.08 bits per heavy atom. The lowest BCUT2D eigenvalue weighted by atomic mass is 9.76. The number of likely N-dealkylation sites (N-methyl/N-ethyl adjacent to an activating group) is 1. The molecule has 18 atom stereocenters. The van der Waals surface area contributed by atoms with Crippen molar-refractivity contribution in [3.05, 3.63) is 0 Å².